The fourth-order valence-electron chi connectivity index (χ4n) is 2.91. The van der Waals surface area contributed by atoms with E-state index in [1.54, 1.807) is 18.2 Å². The molecule has 3 rings (SSSR count). The molecule has 1 aliphatic heterocycles. The van der Waals surface area contributed by atoms with Crippen LogP contribution >= 0.6 is 23.2 Å². The molecule has 21 heavy (non-hydrogen) atoms. The summed E-state index contributed by atoms with van der Waals surface area (Å²) < 4.78 is 28.2. The van der Waals surface area contributed by atoms with Gasteiger partial charge < -0.3 is 4.90 Å². The molecule has 0 unspecified atom stereocenters. The molecule has 0 saturated carbocycles. The predicted molar refractivity (Wildman–Crippen MR) is 82.1 cm³/mol. The van der Waals surface area contributed by atoms with Gasteiger partial charge in [-0.05, 0) is 30.5 Å². The third kappa shape index (κ3) is 2.95. The maximum atomic E-state index is 14.3. The van der Waals surface area contributed by atoms with E-state index >= 15 is 0 Å². The Labute approximate surface area is 132 Å². The van der Waals surface area contributed by atoms with Gasteiger partial charge in [0.1, 0.15) is 12.3 Å². The van der Waals surface area contributed by atoms with E-state index in [1.165, 1.54) is 0 Å². The van der Waals surface area contributed by atoms with Crippen LogP contribution in [0.25, 0.3) is 0 Å². The summed E-state index contributed by atoms with van der Waals surface area (Å²) in [6.45, 7) is 1.01. The van der Waals surface area contributed by atoms with Crippen molar-refractivity contribution in [2.45, 2.75) is 31.7 Å². The topological polar surface area (TPSA) is 3.24 Å². The third-order valence-corrected chi connectivity index (χ3v) is 4.53. The summed E-state index contributed by atoms with van der Waals surface area (Å²) >= 11 is 12.1. The molecule has 1 aromatic carbocycles. The number of nitrogens with zero attached hydrogens (tertiary/aromatic N) is 1. The average Bonchev–Trinajstić information content (AvgIpc) is 2.46. The maximum Gasteiger partial charge on any atom is 0.140 e. The van der Waals surface area contributed by atoms with Crippen LogP contribution in [0.4, 0.5) is 8.78 Å². The molecule has 0 saturated heterocycles. The van der Waals surface area contributed by atoms with Crippen molar-refractivity contribution in [3.63, 3.8) is 0 Å². The van der Waals surface area contributed by atoms with Crippen molar-refractivity contribution in [2.24, 2.45) is 0 Å². The molecule has 0 spiro atoms. The van der Waals surface area contributed by atoms with Crippen LogP contribution in [0.3, 0.4) is 0 Å². The highest BCUT2D eigenvalue weighted by atomic mass is 35.5. The molecule has 112 valence electrons. The summed E-state index contributed by atoms with van der Waals surface area (Å²) in [6.07, 6.45) is 1.88. The van der Waals surface area contributed by atoms with E-state index in [-0.39, 0.29) is 12.8 Å². The largest absolute Gasteiger partial charge is 0.364 e. The molecular weight excluding hydrogens is 315 g/mol. The van der Waals surface area contributed by atoms with E-state index in [0.29, 0.717) is 34.4 Å². The molecule has 1 nitrogen and oxygen atoms in total. The first-order chi connectivity index (χ1) is 10.1. The molecule has 0 amide bonds. The zero-order valence-corrected chi connectivity index (χ0v) is 12.8. The van der Waals surface area contributed by atoms with Gasteiger partial charge in [-0.1, -0.05) is 41.4 Å². The number of benzene rings is 1. The molecule has 1 aromatic rings. The Morgan fingerprint density at radius 3 is 2.67 bits per heavy atom. The molecule has 2 atom stereocenters. The van der Waals surface area contributed by atoms with E-state index in [9.17, 15) is 8.78 Å². The lowest BCUT2D eigenvalue weighted by molar-refractivity contribution is 0.201. The first kappa shape index (κ1) is 14.9. The number of alkyl halides is 2. The number of allylic oxidation sites excluding steroid dienone is 3. The van der Waals surface area contributed by atoms with Gasteiger partial charge in [-0.2, -0.15) is 0 Å². The van der Waals surface area contributed by atoms with Crippen molar-refractivity contribution >= 4 is 23.2 Å². The van der Waals surface area contributed by atoms with Crippen LogP contribution in [0.5, 0.6) is 0 Å². The van der Waals surface area contributed by atoms with Crippen LogP contribution in [0.1, 0.15) is 18.4 Å². The van der Waals surface area contributed by atoms with Crippen LogP contribution in [0, 0.1) is 0 Å². The zero-order valence-electron chi connectivity index (χ0n) is 11.3. The van der Waals surface area contributed by atoms with E-state index in [4.69, 9.17) is 23.2 Å². The van der Waals surface area contributed by atoms with Crippen molar-refractivity contribution in [2.75, 3.05) is 6.54 Å². The van der Waals surface area contributed by atoms with Crippen LogP contribution in [-0.4, -0.2) is 23.8 Å². The Hall–Kier alpha value is -1.06. The average molecular weight is 330 g/mol. The Balaban J connectivity index is 1.90. The maximum absolute atomic E-state index is 14.3. The number of halogens is 4. The van der Waals surface area contributed by atoms with Gasteiger partial charge in [-0.25, -0.2) is 8.78 Å². The van der Waals surface area contributed by atoms with E-state index in [1.807, 2.05) is 17.0 Å². The van der Waals surface area contributed by atoms with Crippen LogP contribution < -0.4 is 0 Å². The summed E-state index contributed by atoms with van der Waals surface area (Å²) in [6, 6.07) is 5.25. The second-order valence-electron chi connectivity index (χ2n) is 5.37. The number of rotatable bonds is 2. The minimum atomic E-state index is -1.11. The Kier molecular flexibility index (Phi) is 4.23. The quantitative estimate of drug-likeness (QED) is 0.730. The second-order valence-corrected chi connectivity index (χ2v) is 6.22. The Morgan fingerprint density at radius 2 is 1.90 bits per heavy atom. The first-order valence-electron chi connectivity index (χ1n) is 6.94. The molecule has 1 aliphatic carbocycles. The first-order valence-corrected chi connectivity index (χ1v) is 7.69. The van der Waals surface area contributed by atoms with Crippen LogP contribution in [-0.2, 0) is 6.54 Å². The van der Waals surface area contributed by atoms with Gasteiger partial charge in [-0.3, -0.25) is 0 Å². The highest BCUT2D eigenvalue weighted by Crippen LogP contribution is 2.36. The smallest absolute Gasteiger partial charge is 0.140 e. The van der Waals surface area contributed by atoms with Crippen molar-refractivity contribution in [3.8, 4) is 0 Å². The summed E-state index contributed by atoms with van der Waals surface area (Å²) in [5, 5.41) is 1.11. The van der Waals surface area contributed by atoms with Gasteiger partial charge in [0.15, 0.2) is 0 Å². The zero-order chi connectivity index (χ0) is 15.0. The lowest BCUT2D eigenvalue weighted by Gasteiger charge is -2.36. The van der Waals surface area contributed by atoms with Gasteiger partial charge in [-0.15, -0.1) is 0 Å². The monoisotopic (exact) mass is 329 g/mol. The lowest BCUT2D eigenvalue weighted by atomic mass is 9.90. The number of hydrogen-bond donors (Lipinski definition) is 0. The van der Waals surface area contributed by atoms with Crippen molar-refractivity contribution in [1.29, 1.82) is 0 Å². The van der Waals surface area contributed by atoms with E-state index < -0.39 is 12.3 Å². The summed E-state index contributed by atoms with van der Waals surface area (Å²) in [7, 11) is 0. The van der Waals surface area contributed by atoms with E-state index in [0.717, 1.165) is 5.56 Å². The summed E-state index contributed by atoms with van der Waals surface area (Å²) in [5.41, 5.74) is 1.81. The summed E-state index contributed by atoms with van der Waals surface area (Å²) in [5.74, 6) is 0. The number of hydrogen-bond acceptors (Lipinski definition) is 1. The SMILES string of the molecule is F[C@@H]1CC[C@H](F)C2=C1C=CCN2Cc1ccc(Cl)cc1Cl. The lowest BCUT2D eigenvalue weighted by Crippen LogP contribution is -2.36. The van der Waals surface area contributed by atoms with E-state index in [2.05, 4.69) is 0 Å². The van der Waals surface area contributed by atoms with Crippen molar-refractivity contribution in [1.82, 2.24) is 4.90 Å². The normalized spacial score (nSPS) is 25.2. The van der Waals surface area contributed by atoms with Crippen LogP contribution in [0.2, 0.25) is 10.0 Å². The molecule has 5 heteroatoms. The Bertz CT molecular complexity index is 612. The predicted octanol–water partition coefficient (Wildman–Crippen LogP) is 5.09. The molecular formula is C16H15Cl2F2N. The van der Waals surface area contributed by atoms with Gasteiger partial charge in [0.2, 0.25) is 0 Å². The fraction of sp³-hybridized carbons (Fsp3) is 0.375. The Morgan fingerprint density at radius 1 is 1.14 bits per heavy atom. The van der Waals surface area contributed by atoms with Gasteiger partial charge in [0.05, 0.1) is 5.70 Å². The third-order valence-electron chi connectivity index (χ3n) is 3.94. The molecule has 0 bridgehead atoms. The second kappa shape index (κ2) is 5.98. The van der Waals surface area contributed by atoms with Gasteiger partial charge in [0, 0.05) is 28.7 Å². The van der Waals surface area contributed by atoms with Gasteiger partial charge >= 0.3 is 0 Å². The summed E-state index contributed by atoms with van der Waals surface area (Å²) in [4.78, 5) is 1.86. The van der Waals surface area contributed by atoms with Crippen molar-refractivity contribution in [3.05, 3.63) is 57.2 Å². The minimum absolute atomic E-state index is 0.235. The molecule has 0 N–H and O–H groups in total. The molecule has 0 fully saturated rings. The van der Waals surface area contributed by atoms with Crippen LogP contribution in [0.15, 0.2) is 41.6 Å². The molecule has 0 radical (unpaired) electrons. The fourth-order valence-corrected chi connectivity index (χ4v) is 3.38. The highest BCUT2D eigenvalue weighted by Gasteiger charge is 2.33. The molecule has 2 aliphatic rings. The standard InChI is InChI=1S/C16H15Cl2F2N/c17-11-4-3-10(13(18)8-11)9-21-7-1-2-12-14(19)5-6-15(20)16(12)21/h1-4,8,14-15H,5-7,9H2/t14-,15+/m1/s1. The van der Waals surface area contributed by atoms with Crippen molar-refractivity contribution < 1.29 is 8.78 Å². The van der Waals surface area contributed by atoms with Gasteiger partial charge in [0.25, 0.3) is 0 Å². The highest BCUT2D eigenvalue weighted by molar-refractivity contribution is 6.35. The minimum Gasteiger partial charge on any atom is -0.364 e. The molecule has 1 heterocycles. The molecule has 0 aromatic heterocycles.